The molecule has 3 N–H and O–H groups in total. The molecule has 2 aromatic heterocycles. The van der Waals surface area contributed by atoms with Crippen LogP contribution < -0.4 is 10.6 Å². The van der Waals surface area contributed by atoms with Gasteiger partial charge in [0.15, 0.2) is 5.65 Å². The fourth-order valence-corrected chi connectivity index (χ4v) is 2.79. The summed E-state index contributed by atoms with van der Waals surface area (Å²) in [6.45, 7) is 0.0611. The normalized spacial score (nSPS) is 14.0. The van der Waals surface area contributed by atoms with Gasteiger partial charge in [-0.25, -0.2) is 28.0 Å². The molecule has 3 heterocycles. The van der Waals surface area contributed by atoms with Crippen molar-refractivity contribution in [3.05, 3.63) is 42.5 Å². The van der Waals surface area contributed by atoms with Crippen molar-refractivity contribution in [3.63, 3.8) is 0 Å². The topological polar surface area (TPSA) is 112 Å². The van der Waals surface area contributed by atoms with Crippen molar-refractivity contribution in [2.45, 2.75) is 6.17 Å². The number of nitrogens with one attached hydrogen (secondary N) is 2. The van der Waals surface area contributed by atoms with E-state index >= 15 is 0 Å². The minimum absolute atomic E-state index is 0.0306. The van der Waals surface area contributed by atoms with Crippen molar-refractivity contribution in [1.29, 1.82) is 0 Å². The first-order chi connectivity index (χ1) is 13.4. The van der Waals surface area contributed by atoms with Gasteiger partial charge in [0.05, 0.1) is 25.0 Å². The lowest BCUT2D eigenvalue weighted by Gasteiger charge is -2.34. The van der Waals surface area contributed by atoms with E-state index in [0.717, 1.165) is 0 Å². The summed E-state index contributed by atoms with van der Waals surface area (Å²) in [5.74, 6) is -0.581. The van der Waals surface area contributed by atoms with Gasteiger partial charge < -0.3 is 15.3 Å². The molecule has 0 bridgehead atoms. The molecule has 1 fully saturated rings. The van der Waals surface area contributed by atoms with Gasteiger partial charge in [-0.05, 0) is 24.3 Å². The number of fused-ring (bicyclic) bond motifs is 1. The second kappa shape index (κ2) is 6.76. The number of halogens is 2. The second-order valence-electron chi connectivity index (χ2n) is 6.24. The van der Waals surface area contributed by atoms with Crippen LogP contribution in [0.1, 0.15) is 0 Å². The highest BCUT2D eigenvalue weighted by Gasteiger charge is 2.30. The van der Waals surface area contributed by atoms with Gasteiger partial charge in [0.2, 0.25) is 0 Å². The van der Waals surface area contributed by atoms with Crippen LogP contribution in [0.25, 0.3) is 16.7 Å². The van der Waals surface area contributed by atoms with Crippen molar-refractivity contribution in [2.24, 2.45) is 0 Å². The number of benzene rings is 1. The lowest BCUT2D eigenvalue weighted by Crippen LogP contribution is -2.53. The van der Waals surface area contributed by atoms with Crippen LogP contribution in [0.2, 0.25) is 0 Å². The van der Waals surface area contributed by atoms with E-state index in [9.17, 15) is 18.4 Å². The van der Waals surface area contributed by atoms with Crippen LogP contribution in [0.5, 0.6) is 0 Å². The first-order valence-electron chi connectivity index (χ1n) is 8.24. The Hall–Kier alpha value is -3.76. The smallest absolute Gasteiger partial charge is 0.409 e. The van der Waals surface area contributed by atoms with Crippen LogP contribution in [0.4, 0.5) is 29.7 Å². The standard InChI is InChI=1S/C17H14F2N6O3/c18-10-7-24(8-10)16(26)21-11-1-2-13(19)14(4-11)25-6-9-3-12(22-17(27)28)5-20-15(9)23-25/h1-6,10,22H,7-8H2,(H,21,26)(H,27,28). The van der Waals surface area contributed by atoms with Crippen molar-refractivity contribution in [1.82, 2.24) is 19.7 Å². The zero-order chi connectivity index (χ0) is 19.8. The van der Waals surface area contributed by atoms with E-state index in [-0.39, 0.29) is 24.5 Å². The summed E-state index contributed by atoms with van der Waals surface area (Å²) >= 11 is 0. The monoisotopic (exact) mass is 388 g/mol. The number of urea groups is 1. The van der Waals surface area contributed by atoms with Crippen molar-refractivity contribution < 1.29 is 23.5 Å². The van der Waals surface area contributed by atoms with E-state index in [1.165, 1.54) is 46.2 Å². The van der Waals surface area contributed by atoms with Crippen LogP contribution in [0.3, 0.4) is 0 Å². The van der Waals surface area contributed by atoms with Gasteiger partial charge in [0, 0.05) is 17.3 Å². The van der Waals surface area contributed by atoms with Crippen LogP contribution in [0.15, 0.2) is 36.7 Å². The molecular formula is C17H14F2N6O3. The predicted octanol–water partition coefficient (Wildman–Crippen LogP) is 2.84. The third kappa shape index (κ3) is 3.41. The molecule has 28 heavy (non-hydrogen) atoms. The highest BCUT2D eigenvalue weighted by Crippen LogP contribution is 2.23. The van der Waals surface area contributed by atoms with E-state index in [4.69, 9.17) is 5.11 Å². The maximum atomic E-state index is 14.3. The van der Waals surface area contributed by atoms with E-state index in [1.54, 1.807) is 0 Å². The van der Waals surface area contributed by atoms with Gasteiger partial charge >= 0.3 is 12.1 Å². The molecule has 1 aliphatic heterocycles. The van der Waals surface area contributed by atoms with Crippen molar-refractivity contribution in [2.75, 3.05) is 23.7 Å². The van der Waals surface area contributed by atoms with Crippen LogP contribution >= 0.6 is 0 Å². The second-order valence-corrected chi connectivity index (χ2v) is 6.24. The van der Waals surface area contributed by atoms with E-state index in [1.807, 2.05) is 0 Å². The van der Waals surface area contributed by atoms with Gasteiger partial charge in [0.1, 0.15) is 17.7 Å². The van der Waals surface area contributed by atoms with Gasteiger partial charge in [-0.2, -0.15) is 0 Å². The number of hydrogen-bond acceptors (Lipinski definition) is 4. The zero-order valence-corrected chi connectivity index (χ0v) is 14.3. The summed E-state index contributed by atoms with van der Waals surface area (Å²) in [4.78, 5) is 28.1. The fraction of sp³-hybridized carbons (Fsp3) is 0.176. The molecule has 1 aliphatic rings. The summed E-state index contributed by atoms with van der Waals surface area (Å²) in [7, 11) is 0. The number of hydrogen-bond donors (Lipinski definition) is 3. The number of rotatable bonds is 3. The van der Waals surface area contributed by atoms with Gasteiger partial charge in [-0.15, -0.1) is 5.10 Å². The highest BCUT2D eigenvalue weighted by atomic mass is 19.1. The molecule has 0 spiro atoms. The third-order valence-electron chi connectivity index (χ3n) is 4.18. The molecule has 4 rings (SSSR count). The molecule has 0 aliphatic carbocycles. The summed E-state index contributed by atoms with van der Waals surface area (Å²) < 4.78 is 28.4. The molecule has 0 unspecified atom stereocenters. The average molecular weight is 388 g/mol. The molecule has 3 amide bonds. The SMILES string of the molecule is O=C(O)Nc1cnc2nn(-c3cc(NC(=O)N4CC(F)C4)ccc3F)cc2c1. The highest BCUT2D eigenvalue weighted by molar-refractivity contribution is 5.90. The number of alkyl halides is 1. The Morgan fingerprint density at radius 1 is 1.18 bits per heavy atom. The summed E-state index contributed by atoms with van der Waals surface area (Å²) in [6.07, 6.45) is 0.539. The molecular weight excluding hydrogens is 374 g/mol. The van der Waals surface area contributed by atoms with Gasteiger partial charge in [-0.1, -0.05) is 0 Å². The number of carbonyl (C=O) groups is 2. The number of anilines is 2. The minimum Gasteiger partial charge on any atom is -0.465 e. The van der Waals surface area contributed by atoms with Crippen LogP contribution in [-0.4, -0.2) is 56.2 Å². The summed E-state index contributed by atoms with van der Waals surface area (Å²) in [6, 6.07) is 5.00. The van der Waals surface area contributed by atoms with E-state index in [2.05, 4.69) is 20.7 Å². The lowest BCUT2D eigenvalue weighted by molar-refractivity contribution is 0.0974. The molecule has 1 aromatic carbocycles. The summed E-state index contributed by atoms with van der Waals surface area (Å²) in [5.41, 5.74) is 0.932. The first kappa shape index (κ1) is 17.6. The van der Waals surface area contributed by atoms with Gasteiger partial charge in [0.25, 0.3) is 0 Å². The molecule has 3 aromatic rings. The Bertz CT molecular complexity index is 1080. The van der Waals surface area contributed by atoms with Gasteiger partial charge in [-0.3, -0.25) is 5.32 Å². The minimum atomic E-state index is -1.23. The molecule has 9 nitrogen and oxygen atoms in total. The fourth-order valence-electron chi connectivity index (χ4n) is 2.79. The number of amides is 3. The number of pyridine rings is 1. The van der Waals surface area contributed by atoms with Crippen LogP contribution in [0, 0.1) is 5.82 Å². The lowest BCUT2D eigenvalue weighted by atomic mass is 10.2. The average Bonchev–Trinajstić information content (AvgIpc) is 3.03. The molecule has 1 saturated heterocycles. The van der Waals surface area contributed by atoms with Crippen molar-refractivity contribution in [3.8, 4) is 5.69 Å². The molecule has 144 valence electrons. The molecule has 11 heteroatoms. The summed E-state index contributed by atoms with van der Waals surface area (Å²) in [5, 5.41) is 18.2. The van der Waals surface area contributed by atoms with E-state index in [0.29, 0.717) is 16.7 Å². The number of carbonyl (C=O) groups excluding carboxylic acids is 1. The Morgan fingerprint density at radius 2 is 1.96 bits per heavy atom. The Labute approximate surface area is 156 Å². The van der Waals surface area contributed by atoms with Crippen LogP contribution in [-0.2, 0) is 0 Å². The molecule has 0 atom stereocenters. The maximum Gasteiger partial charge on any atom is 0.409 e. The van der Waals surface area contributed by atoms with Crippen molar-refractivity contribution >= 4 is 34.5 Å². The number of likely N-dealkylation sites (tertiary alicyclic amines) is 1. The molecule has 0 radical (unpaired) electrons. The largest absolute Gasteiger partial charge is 0.465 e. The third-order valence-corrected chi connectivity index (χ3v) is 4.18. The molecule has 0 saturated carbocycles. The number of nitrogens with zero attached hydrogens (tertiary/aromatic N) is 4. The quantitative estimate of drug-likeness (QED) is 0.639. The predicted molar refractivity (Wildman–Crippen MR) is 96.0 cm³/mol. The first-order valence-corrected chi connectivity index (χ1v) is 8.24. The van der Waals surface area contributed by atoms with E-state index < -0.39 is 24.1 Å². The zero-order valence-electron chi connectivity index (χ0n) is 14.3. The Balaban J connectivity index is 1.61. The number of aromatic nitrogens is 3. The maximum absolute atomic E-state index is 14.3. The Morgan fingerprint density at radius 3 is 2.68 bits per heavy atom. The number of carboxylic acid groups (broad SMARTS) is 1. The Kier molecular flexibility index (Phi) is 4.26.